The second-order valence-electron chi connectivity index (χ2n) is 5.49. The van der Waals surface area contributed by atoms with Crippen LogP contribution in [0.1, 0.15) is 40.9 Å². The fraction of sp³-hybridized carbons (Fsp3) is 0.312. The lowest BCUT2D eigenvalue weighted by atomic mass is 10.2. The Hall–Kier alpha value is -2.15. The third-order valence-electron chi connectivity index (χ3n) is 3.46. The van der Waals surface area contributed by atoms with E-state index in [1.165, 1.54) is 0 Å². The third-order valence-corrected chi connectivity index (χ3v) is 4.04. The van der Waals surface area contributed by atoms with Crippen molar-refractivity contribution >= 4 is 33.3 Å². The first kappa shape index (κ1) is 15.7. The van der Waals surface area contributed by atoms with E-state index in [9.17, 15) is 4.79 Å². The highest BCUT2D eigenvalue weighted by atomic mass is 79.9. The molecule has 0 saturated carbocycles. The fourth-order valence-electron chi connectivity index (χ4n) is 2.53. The molecule has 0 radical (unpaired) electrons. The van der Waals surface area contributed by atoms with Crippen LogP contribution in [-0.4, -0.2) is 20.4 Å². The van der Waals surface area contributed by atoms with Gasteiger partial charge < -0.3 is 9.84 Å². The van der Waals surface area contributed by atoms with Crippen LogP contribution < -0.4 is 5.32 Å². The van der Waals surface area contributed by atoms with Gasteiger partial charge in [-0.25, -0.2) is 4.98 Å². The van der Waals surface area contributed by atoms with Crippen molar-refractivity contribution in [3.05, 3.63) is 45.5 Å². The van der Waals surface area contributed by atoms with Gasteiger partial charge >= 0.3 is 0 Å². The van der Waals surface area contributed by atoms with E-state index in [0.717, 1.165) is 34.2 Å². The topological polar surface area (TPSA) is 72.4 Å². The van der Waals surface area contributed by atoms with Crippen LogP contribution in [0.15, 0.2) is 27.3 Å². The van der Waals surface area contributed by atoms with Crippen LogP contribution in [0, 0.1) is 13.8 Å². The molecule has 3 aromatic heterocycles. The molecule has 0 saturated heterocycles. The van der Waals surface area contributed by atoms with Crippen LogP contribution in [0.4, 0.5) is 5.82 Å². The predicted octanol–water partition coefficient (Wildman–Crippen LogP) is 3.91. The van der Waals surface area contributed by atoms with E-state index in [1.807, 2.05) is 23.6 Å². The molecule has 3 rings (SSSR count). The number of aromatic nitrogens is 3. The summed E-state index contributed by atoms with van der Waals surface area (Å²) in [4.78, 5) is 17.4. The number of pyridine rings is 1. The molecular formula is C16H17BrN4O2. The summed E-state index contributed by atoms with van der Waals surface area (Å²) in [6.45, 7) is 5.82. The van der Waals surface area contributed by atoms with Gasteiger partial charge in [-0.05, 0) is 47.8 Å². The number of hydrogen-bond acceptors (Lipinski definition) is 4. The van der Waals surface area contributed by atoms with Crippen LogP contribution >= 0.6 is 15.9 Å². The van der Waals surface area contributed by atoms with Crippen LogP contribution in [0.25, 0.3) is 5.65 Å². The summed E-state index contributed by atoms with van der Waals surface area (Å²) < 4.78 is 7.68. The predicted molar refractivity (Wildman–Crippen MR) is 90.8 cm³/mol. The van der Waals surface area contributed by atoms with E-state index in [4.69, 9.17) is 4.52 Å². The Morgan fingerprint density at radius 1 is 1.39 bits per heavy atom. The molecule has 0 bridgehead atoms. The van der Waals surface area contributed by atoms with Crippen molar-refractivity contribution in [1.29, 1.82) is 0 Å². The number of rotatable bonds is 4. The number of carbonyl (C=O) groups is 1. The highest BCUT2D eigenvalue weighted by Gasteiger charge is 2.21. The second-order valence-corrected chi connectivity index (χ2v) is 6.35. The zero-order valence-electron chi connectivity index (χ0n) is 13.2. The summed E-state index contributed by atoms with van der Waals surface area (Å²) in [7, 11) is 0. The van der Waals surface area contributed by atoms with Gasteiger partial charge in [0.25, 0.3) is 5.91 Å². The SMILES string of the molecule is CCCc1nc2c(Br)cc(C)cn2c1C(=O)Nc1cc(C)on1. The van der Waals surface area contributed by atoms with Gasteiger partial charge in [0.05, 0.1) is 10.2 Å². The lowest BCUT2D eigenvalue weighted by Crippen LogP contribution is -2.16. The summed E-state index contributed by atoms with van der Waals surface area (Å²) in [5.41, 5.74) is 3.08. The Morgan fingerprint density at radius 3 is 2.83 bits per heavy atom. The molecule has 120 valence electrons. The first-order valence-corrected chi connectivity index (χ1v) is 8.20. The molecule has 23 heavy (non-hydrogen) atoms. The fourth-order valence-corrected chi connectivity index (χ4v) is 3.17. The number of anilines is 1. The molecule has 0 spiro atoms. The van der Waals surface area contributed by atoms with Crippen LogP contribution in [0.5, 0.6) is 0 Å². The highest BCUT2D eigenvalue weighted by molar-refractivity contribution is 9.10. The minimum atomic E-state index is -0.244. The minimum absolute atomic E-state index is 0.244. The summed E-state index contributed by atoms with van der Waals surface area (Å²) in [5, 5.41) is 6.59. The monoisotopic (exact) mass is 376 g/mol. The molecule has 3 aromatic rings. The number of amides is 1. The number of hydrogen-bond donors (Lipinski definition) is 1. The molecule has 3 heterocycles. The third kappa shape index (κ3) is 3.01. The van der Waals surface area contributed by atoms with Crippen molar-refractivity contribution in [3.8, 4) is 0 Å². The van der Waals surface area contributed by atoms with E-state index in [1.54, 1.807) is 13.0 Å². The molecule has 1 amide bonds. The molecule has 0 aliphatic heterocycles. The normalized spacial score (nSPS) is 11.1. The van der Waals surface area contributed by atoms with E-state index in [2.05, 4.69) is 38.3 Å². The van der Waals surface area contributed by atoms with Gasteiger partial charge in [0.15, 0.2) is 11.5 Å². The number of fused-ring (bicyclic) bond motifs is 1. The van der Waals surface area contributed by atoms with Crippen molar-refractivity contribution < 1.29 is 9.32 Å². The molecule has 1 N–H and O–H groups in total. The molecule has 7 heteroatoms. The lowest BCUT2D eigenvalue weighted by Gasteiger charge is -2.05. The maximum Gasteiger partial charge on any atom is 0.275 e. The summed E-state index contributed by atoms with van der Waals surface area (Å²) in [5.74, 6) is 0.800. The minimum Gasteiger partial charge on any atom is -0.360 e. The van der Waals surface area contributed by atoms with Crippen LogP contribution in [0.3, 0.4) is 0 Å². The Morgan fingerprint density at radius 2 is 2.17 bits per heavy atom. The van der Waals surface area contributed by atoms with Crippen molar-refractivity contribution in [2.24, 2.45) is 0 Å². The smallest absolute Gasteiger partial charge is 0.275 e. The molecule has 0 aliphatic rings. The average molecular weight is 377 g/mol. The Bertz CT molecular complexity index is 882. The number of halogens is 1. The molecule has 6 nitrogen and oxygen atoms in total. The zero-order chi connectivity index (χ0) is 16.6. The number of aryl methyl sites for hydroxylation is 3. The first-order chi connectivity index (χ1) is 11.0. The molecule has 0 aliphatic carbocycles. The first-order valence-electron chi connectivity index (χ1n) is 7.41. The van der Waals surface area contributed by atoms with Crippen molar-refractivity contribution in [2.75, 3.05) is 5.32 Å². The number of nitrogens with zero attached hydrogens (tertiary/aromatic N) is 3. The molecule has 0 aromatic carbocycles. The standard InChI is InChI=1S/C16H17BrN4O2/c1-4-5-12-14(16(22)19-13-7-10(3)23-20-13)21-8-9(2)6-11(17)15(21)18-12/h6-8H,4-5H2,1-3H3,(H,19,20,22). The largest absolute Gasteiger partial charge is 0.360 e. The van der Waals surface area contributed by atoms with Crippen LogP contribution in [0.2, 0.25) is 0 Å². The Kier molecular flexibility index (Phi) is 4.21. The summed E-state index contributed by atoms with van der Waals surface area (Å²) >= 11 is 3.52. The lowest BCUT2D eigenvalue weighted by molar-refractivity contribution is 0.101. The zero-order valence-corrected chi connectivity index (χ0v) is 14.8. The quantitative estimate of drug-likeness (QED) is 0.748. The van der Waals surface area contributed by atoms with Crippen LogP contribution in [-0.2, 0) is 6.42 Å². The van der Waals surface area contributed by atoms with Gasteiger partial charge in [-0.2, -0.15) is 0 Å². The van der Waals surface area contributed by atoms with E-state index >= 15 is 0 Å². The number of carbonyl (C=O) groups excluding carboxylic acids is 1. The maximum absolute atomic E-state index is 12.7. The van der Waals surface area contributed by atoms with Gasteiger partial charge in [0.1, 0.15) is 11.5 Å². The van der Waals surface area contributed by atoms with Crippen molar-refractivity contribution in [3.63, 3.8) is 0 Å². The van der Waals surface area contributed by atoms with E-state index in [0.29, 0.717) is 17.3 Å². The summed E-state index contributed by atoms with van der Waals surface area (Å²) in [6, 6.07) is 3.67. The van der Waals surface area contributed by atoms with Gasteiger partial charge in [-0.3, -0.25) is 9.20 Å². The number of imidazole rings is 1. The Balaban J connectivity index is 2.09. The average Bonchev–Trinajstić information content (AvgIpc) is 3.03. The number of nitrogens with one attached hydrogen (secondary N) is 1. The van der Waals surface area contributed by atoms with Gasteiger partial charge in [0, 0.05) is 12.3 Å². The molecular weight excluding hydrogens is 360 g/mol. The van der Waals surface area contributed by atoms with Gasteiger partial charge in [-0.15, -0.1) is 0 Å². The second kappa shape index (κ2) is 6.16. The molecule has 0 fully saturated rings. The molecule has 0 atom stereocenters. The van der Waals surface area contributed by atoms with Gasteiger partial charge in [0.2, 0.25) is 0 Å². The highest BCUT2D eigenvalue weighted by Crippen LogP contribution is 2.24. The maximum atomic E-state index is 12.7. The van der Waals surface area contributed by atoms with Gasteiger partial charge in [-0.1, -0.05) is 18.5 Å². The van der Waals surface area contributed by atoms with Crippen molar-refractivity contribution in [2.45, 2.75) is 33.6 Å². The van der Waals surface area contributed by atoms with E-state index in [-0.39, 0.29) is 5.91 Å². The molecule has 0 unspecified atom stereocenters. The Labute approximate surface area is 142 Å². The van der Waals surface area contributed by atoms with E-state index < -0.39 is 0 Å². The van der Waals surface area contributed by atoms with Crippen molar-refractivity contribution in [1.82, 2.24) is 14.5 Å². The summed E-state index contributed by atoms with van der Waals surface area (Å²) in [6.07, 6.45) is 3.55.